The summed E-state index contributed by atoms with van der Waals surface area (Å²) >= 11 is 1.48. The second-order valence-electron chi connectivity index (χ2n) is 15.2. The quantitative estimate of drug-likeness (QED) is 0.0739. The number of carbonyl (C=O) groups is 5. The molecule has 0 aliphatic heterocycles. The van der Waals surface area contributed by atoms with Crippen LogP contribution in [0, 0.1) is 0 Å². The number of aromatic carboxylic acids is 1. The average Bonchev–Trinajstić information content (AvgIpc) is 3.55. The third kappa shape index (κ3) is 12.1. The van der Waals surface area contributed by atoms with Crippen LogP contribution in [0.15, 0.2) is 72.8 Å². The van der Waals surface area contributed by atoms with Gasteiger partial charge >= 0.3 is 11.9 Å². The van der Waals surface area contributed by atoms with Gasteiger partial charge in [-0.05, 0) is 131 Å². The van der Waals surface area contributed by atoms with Gasteiger partial charge in [0, 0.05) is 54.3 Å². The molecule has 0 atom stereocenters. The summed E-state index contributed by atoms with van der Waals surface area (Å²) in [6, 6.07) is 22.3. The second-order valence-corrected chi connectivity index (χ2v) is 16.3. The molecule has 0 saturated carbocycles. The number of hydrogen-bond acceptors (Lipinski definition) is 7. The topological polar surface area (TPSA) is 156 Å². The van der Waals surface area contributed by atoms with Crippen molar-refractivity contribution >= 4 is 51.7 Å². The summed E-state index contributed by atoms with van der Waals surface area (Å²) in [6.45, 7) is 9.95. The molecule has 3 amide bonds. The maximum absolute atomic E-state index is 13.9. The van der Waals surface area contributed by atoms with Crippen molar-refractivity contribution in [1.82, 2.24) is 9.80 Å². The van der Waals surface area contributed by atoms with Gasteiger partial charge in [-0.1, -0.05) is 36.4 Å². The van der Waals surface area contributed by atoms with Gasteiger partial charge in [-0.3, -0.25) is 24.1 Å². The van der Waals surface area contributed by atoms with Crippen LogP contribution in [0.25, 0.3) is 0 Å². The fourth-order valence-electron chi connectivity index (χ4n) is 7.16. The van der Waals surface area contributed by atoms with Crippen molar-refractivity contribution in [2.45, 2.75) is 104 Å². The maximum Gasteiger partial charge on any atom is 0.335 e. The number of nitrogens with one attached hydrogen (secondary N) is 2. The molecule has 0 unspecified atom stereocenters. The molecule has 11 nitrogen and oxygen atoms in total. The molecule has 57 heavy (non-hydrogen) atoms. The number of amides is 3. The van der Waals surface area contributed by atoms with E-state index in [9.17, 15) is 24.0 Å². The van der Waals surface area contributed by atoms with Gasteiger partial charge in [-0.2, -0.15) is 0 Å². The van der Waals surface area contributed by atoms with Crippen LogP contribution in [0.1, 0.15) is 118 Å². The van der Waals surface area contributed by atoms with Crippen LogP contribution in [-0.2, 0) is 41.8 Å². The number of anilines is 2. The Morgan fingerprint density at radius 2 is 1.39 bits per heavy atom. The number of carbonyl (C=O) groups excluding carboxylic acids is 3. The van der Waals surface area contributed by atoms with Gasteiger partial charge in [0.1, 0.15) is 5.00 Å². The van der Waals surface area contributed by atoms with Crippen LogP contribution in [0.5, 0.6) is 0 Å². The molecule has 1 aromatic heterocycles. The molecular formula is C45H54N4O7S. The van der Waals surface area contributed by atoms with Gasteiger partial charge < -0.3 is 25.7 Å². The first kappa shape index (κ1) is 42.8. The SMILES string of the molecule is CC(C)N(CCCN(C(=O)CCC(=O)O)C(C)C)Cc1cccc(C(=O)Nc2sc3c(c2C(=O)Nc2ccc(CCc4ccc(C(=O)O)cc4)cc2)CCCC3)c1. The second kappa shape index (κ2) is 20.2. The molecule has 3 aromatic carbocycles. The molecule has 12 heteroatoms. The van der Waals surface area contributed by atoms with E-state index in [1.807, 2.05) is 68.4 Å². The van der Waals surface area contributed by atoms with Gasteiger partial charge in [0.2, 0.25) is 5.91 Å². The minimum absolute atomic E-state index is 0.0114. The number of benzene rings is 3. The molecular weight excluding hydrogens is 741 g/mol. The van der Waals surface area contributed by atoms with Crippen molar-refractivity contribution in [1.29, 1.82) is 0 Å². The van der Waals surface area contributed by atoms with Crippen LogP contribution >= 0.6 is 11.3 Å². The molecule has 0 saturated heterocycles. The van der Waals surface area contributed by atoms with Crippen LogP contribution in [-0.4, -0.2) is 74.8 Å². The van der Waals surface area contributed by atoms with Crippen molar-refractivity contribution in [2.75, 3.05) is 23.7 Å². The fourth-order valence-corrected chi connectivity index (χ4v) is 8.44. The monoisotopic (exact) mass is 794 g/mol. The van der Waals surface area contributed by atoms with Gasteiger partial charge in [0.05, 0.1) is 17.5 Å². The normalized spacial score (nSPS) is 12.4. The van der Waals surface area contributed by atoms with E-state index < -0.39 is 11.9 Å². The van der Waals surface area contributed by atoms with Crippen LogP contribution < -0.4 is 10.6 Å². The Labute approximate surface area is 339 Å². The lowest BCUT2D eigenvalue weighted by Gasteiger charge is -2.30. The molecule has 302 valence electrons. The molecule has 0 radical (unpaired) electrons. The van der Waals surface area contributed by atoms with E-state index in [-0.39, 0.29) is 48.2 Å². The van der Waals surface area contributed by atoms with Crippen molar-refractivity contribution in [3.63, 3.8) is 0 Å². The first-order valence-corrected chi connectivity index (χ1v) is 20.6. The number of fused-ring (bicyclic) bond motifs is 1. The number of carboxylic acids is 2. The summed E-state index contributed by atoms with van der Waals surface area (Å²) in [5.74, 6) is -2.61. The Hall–Kier alpha value is -5.33. The van der Waals surface area contributed by atoms with E-state index in [4.69, 9.17) is 10.2 Å². The van der Waals surface area contributed by atoms with Crippen LogP contribution in [0.3, 0.4) is 0 Å². The Morgan fingerprint density at radius 3 is 2.02 bits per heavy atom. The summed E-state index contributed by atoms with van der Waals surface area (Å²) in [4.78, 5) is 67.7. The third-order valence-corrected chi connectivity index (χ3v) is 11.6. The molecule has 0 spiro atoms. The highest BCUT2D eigenvalue weighted by molar-refractivity contribution is 7.17. The van der Waals surface area contributed by atoms with E-state index in [0.29, 0.717) is 34.9 Å². The minimum atomic E-state index is -0.981. The summed E-state index contributed by atoms with van der Waals surface area (Å²) < 4.78 is 0. The van der Waals surface area contributed by atoms with E-state index >= 15 is 0 Å². The Balaban J connectivity index is 1.22. The fraction of sp³-hybridized carbons (Fsp3) is 0.400. The minimum Gasteiger partial charge on any atom is -0.481 e. The van der Waals surface area contributed by atoms with Gasteiger partial charge in [-0.25, -0.2) is 4.79 Å². The highest BCUT2D eigenvalue weighted by atomic mass is 32.1. The average molecular weight is 795 g/mol. The van der Waals surface area contributed by atoms with E-state index in [0.717, 1.165) is 78.6 Å². The summed E-state index contributed by atoms with van der Waals surface area (Å²) in [5, 5.41) is 24.9. The lowest BCUT2D eigenvalue weighted by molar-refractivity contribution is -0.141. The molecule has 4 aromatic rings. The highest BCUT2D eigenvalue weighted by Crippen LogP contribution is 2.39. The number of aryl methyl sites for hydroxylation is 3. The zero-order valence-electron chi connectivity index (χ0n) is 33.3. The van der Waals surface area contributed by atoms with Crippen LogP contribution in [0.4, 0.5) is 10.7 Å². The standard InChI is InChI=1S/C45H54N4O7S/c1-29(2)48(25-8-26-49(30(3)4)39(50)23-24-40(51)52)28-33-9-7-10-35(27-33)42(53)47-44-41(37-11-5-6-12-38(37)57-44)43(54)46-36-21-17-32(18-22-36)14-13-31-15-19-34(20-16-31)45(55)56/h7,9-10,15-22,27,29-30H,5-6,8,11-14,23-26,28H2,1-4H3,(H,46,54)(H,47,53)(H,51,52)(H,55,56). The molecule has 5 rings (SSSR count). The smallest absolute Gasteiger partial charge is 0.335 e. The molecule has 4 N–H and O–H groups in total. The van der Waals surface area contributed by atoms with Crippen LogP contribution in [0.2, 0.25) is 0 Å². The van der Waals surface area contributed by atoms with Crippen molar-refractivity contribution < 1.29 is 34.2 Å². The number of carboxylic acid groups (broad SMARTS) is 2. The number of thiophene rings is 1. The Morgan fingerprint density at radius 1 is 0.719 bits per heavy atom. The molecule has 0 bridgehead atoms. The third-order valence-electron chi connectivity index (χ3n) is 10.4. The molecule has 1 heterocycles. The number of aliphatic carboxylic acids is 1. The van der Waals surface area contributed by atoms with E-state index in [1.54, 1.807) is 23.1 Å². The molecule has 1 aliphatic rings. The predicted octanol–water partition coefficient (Wildman–Crippen LogP) is 8.32. The van der Waals surface area contributed by atoms with Crippen molar-refractivity contribution in [2.24, 2.45) is 0 Å². The zero-order valence-corrected chi connectivity index (χ0v) is 34.1. The Bertz CT molecular complexity index is 2040. The first-order chi connectivity index (χ1) is 27.3. The lowest BCUT2D eigenvalue weighted by atomic mass is 9.95. The van der Waals surface area contributed by atoms with Gasteiger partial charge in [-0.15, -0.1) is 11.3 Å². The van der Waals surface area contributed by atoms with Gasteiger partial charge in [0.25, 0.3) is 11.8 Å². The molecule has 1 aliphatic carbocycles. The predicted molar refractivity (Wildman–Crippen MR) is 224 cm³/mol. The highest BCUT2D eigenvalue weighted by Gasteiger charge is 2.27. The molecule has 0 fully saturated rings. The maximum atomic E-state index is 13.9. The van der Waals surface area contributed by atoms with Gasteiger partial charge in [0.15, 0.2) is 0 Å². The Kier molecular flexibility index (Phi) is 15.2. The number of hydrogen-bond donors (Lipinski definition) is 4. The largest absolute Gasteiger partial charge is 0.481 e. The first-order valence-electron chi connectivity index (χ1n) is 19.8. The number of rotatable bonds is 19. The summed E-state index contributed by atoms with van der Waals surface area (Å²) in [5.41, 5.74) is 6.06. The lowest BCUT2D eigenvalue weighted by Crippen LogP contribution is -2.40. The van der Waals surface area contributed by atoms with E-state index in [2.05, 4.69) is 29.4 Å². The summed E-state index contributed by atoms with van der Waals surface area (Å²) in [7, 11) is 0. The number of nitrogens with zero attached hydrogens (tertiary/aromatic N) is 2. The zero-order chi connectivity index (χ0) is 41.1. The summed E-state index contributed by atoms with van der Waals surface area (Å²) in [6.07, 6.45) is 5.73. The van der Waals surface area contributed by atoms with Crippen molar-refractivity contribution in [3.8, 4) is 0 Å². The van der Waals surface area contributed by atoms with Crippen molar-refractivity contribution in [3.05, 3.63) is 117 Å². The van der Waals surface area contributed by atoms with E-state index in [1.165, 1.54) is 11.3 Å².